The summed E-state index contributed by atoms with van der Waals surface area (Å²) in [5.41, 5.74) is -0.641. The zero-order valence-electron chi connectivity index (χ0n) is 13.4. The fourth-order valence-corrected chi connectivity index (χ4v) is 4.15. The fourth-order valence-electron chi connectivity index (χ4n) is 4.15. The maximum Gasteiger partial charge on any atom is 0.311 e. The van der Waals surface area contributed by atoms with Gasteiger partial charge in [0.05, 0.1) is 5.92 Å². The number of rotatable bonds is 2. The highest BCUT2D eigenvalue weighted by atomic mass is 17.3. The van der Waals surface area contributed by atoms with Crippen LogP contribution in [0.15, 0.2) is 0 Å². The van der Waals surface area contributed by atoms with Gasteiger partial charge in [-0.1, -0.05) is 33.6 Å². The molecule has 3 fully saturated rings. The zero-order chi connectivity index (χ0) is 15.3. The molecule has 2 heterocycles. The first-order chi connectivity index (χ1) is 9.90. The fraction of sp³-hybridized carbons (Fsp3) is 0.938. The molecule has 3 aliphatic rings. The summed E-state index contributed by atoms with van der Waals surface area (Å²) in [6, 6.07) is 0. The Labute approximate surface area is 126 Å². The van der Waals surface area contributed by atoms with Crippen LogP contribution < -0.4 is 0 Å². The molecule has 1 spiro atoms. The predicted molar refractivity (Wildman–Crippen MR) is 74.8 cm³/mol. The highest BCUT2D eigenvalue weighted by molar-refractivity contribution is 5.74. The van der Waals surface area contributed by atoms with Gasteiger partial charge >= 0.3 is 5.97 Å². The minimum atomic E-state index is -0.837. The van der Waals surface area contributed by atoms with Gasteiger partial charge < -0.3 is 9.47 Å². The highest BCUT2D eigenvalue weighted by Gasteiger charge is 2.64. The summed E-state index contributed by atoms with van der Waals surface area (Å²) in [4.78, 5) is 23.7. The third-order valence-electron chi connectivity index (χ3n) is 5.30. The molecule has 0 N–H and O–H groups in total. The van der Waals surface area contributed by atoms with Gasteiger partial charge in [0, 0.05) is 12.3 Å². The molecule has 0 radical (unpaired) electrons. The van der Waals surface area contributed by atoms with Crippen LogP contribution in [0, 0.1) is 17.8 Å². The van der Waals surface area contributed by atoms with E-state index in [1.54, 1.807) is 0 Å². The first kappa shape index (κ1) is 15.3. The highest BCUT2D eigenvalue weighted by Crippen LogP contribution is 2.53. The van der Waals surface area contributed by atoms with Gasteiger partial charge in [0.25, 0.3) is 0 Å². The van der Waals surface area contributed by atoms with Crippen LogP contribution in [-0.4, -0.2) is 23.6 Å². The predicted octanol–water partition coefficient (Wildman–Crippen LogP) is 3.18. The van der Waals surface area contributed by atoms with Crippen LogP contribution >= 0.6 is 0 Å². The molecule has 6 atom stereocenters. The minimum Gasteiger partial charge on any atom is -0.432 e. The van der Waals surface area contributed by atoms with Crippen LogP contribution in [0.25, 0.3) is 0 Å². The van der Waals surface area contributed by atoms with E-state index in [9.17, 15) is 4.79 Å². The van der Waals surface area contributed by atoms with Gasteiger partial charge in [-0.3, -0.25) is 4.79 Å². The summed E-state index contributed by atoms with van der Waals surface area (Å²) >= 11 is 0. The average molecular weight is 298 g/mol. The van der Waals surface area contributed by atoms with Gasteiger partial charge in [0.1, 0.15) is 0 Å². The van der Waals surface area contributed by atoms with E-state index in [0.717, 1.165) is 25.7 Å². The summed E-state index contributed by atoms with van der Waals surface area (Å²) in [6.07, 6.45) is 3.82. The van der Waals surface area contributed by atoms with E-state index >= 15 is 0 Å². The smallest absolute Gasteiger partial charge is 0.311 e. The molecule has 0 aromatic rings. The molecule has 0 amide bonds. The summed E-state index contributed by atoms with van der Waals surface area (Å²) < 4.78 is 11.6. The molecule has 3 rings (SSSR count). The Morgan fingerprint density at radius 3 is 2.71 bits per heavy atom. The Kier molecular flexibility index (Phi) is 3.79. The van der Waals surface area contributed by atoms with Gasteiger partial charge in [-0.25, -0.2) is 9.78 Å². The molecular formula is C16H26O5. The molecule has 0 bridgehead atoms. The lowest BCUT2D eigenvalue weighted by molar-refractivity contribution is -0.562. The first-order valence-electron chi connectivity index (χ1n) is 8.15. The quantitative estimate of drug-likeness (QED) is 0.579. The molecule has 21 heavy (non-hydrogen) atoms. The molecule has 5 nitrogen and oxygen atoms in total. The molecule has 0 aromatic heterocycles. The summed E-state index contributed by atoms with van der Waals surface area (Å²) in [5.74, 6) is -0.575. The van der Waals surface area contributed by atoms with Gasteiger partial charge in [0.15, 0.2) is 5.60 Å². The van der Waals surface area contributed by atoms with Crippen molar-refractivity contribution in [2.24, 2.45) is 17.8 Å². The Morgan fingerprint density at radius 2 is 2.00 bits per heavy atom. The average Bonchev–Trinajstić information content (AvgIpc) is 2.42. The van der Waals surface area contributed by atoms with Crippen molar-refractivity contribution in [3.63, 3.8) is 0 Å². The second-order valence-electron chi connectivity index (χ2n) is 7.17. The summed E-state index contributed by atoms with van der Waals surface area (Å²) in [5, 5.41) is 0. The zero-order valence-corrected chi connectivity index (χ0v) is 13.4. The molecule has 2 aliphatic heterocycles. The number of hydrogen-bond donors (Lipinski definition) is 0. The van der Waals surface area contributed by atoms with Crippen molar-refractivity contribution >= 4 is 5.97 Å². The van der Waals surface area contributed by atoms with Gasteiger partial charge in [-0.05, 0) is 25.7 Å². The van der Waals surface area contributed by atoms with Crippen LogP contribution in [0.2, 0.25) is 0 Å². The second kappa shape index (κ2) is 5.21. The van der Waals surface area contributed by atoms with Crippen molar-refractivity contribution in [3.05, 3.63) is 0 Å². The standard InChI is InChI=1S/C16H26O5/c1-5-8-15(4)19-14-16(21-20-15)9-10(2)6-7-12(16)11(3)13(17)18-14/h10-12,14H,5-9H2,1-4H3/t10-,11-,12+,14-,15-,16-/m1/s1. The third-order valence-corrected chi connectivity index (χ3v) is 5.30. The van der Waals surface area contributed by atoms with Crippen molar-refractivity contribution in [1.29, 1.82) is 0 Å². The number of carbonyl (C=O) groups is 1. The number of hydrogen-bond acceptors (Lipinski definition) is 5. The maximum absolute atomic E-state index is 12.2. The summed E-state index contributed by atoms with van der Waals surface area (Å²) in [6.45, 7) is 8.02. The Bertz CT molecular complexity index is 425. The lowest BCUT2D eigenvalue weighted by Crippen LogP contribution is -2.68. The maximum atomic E-state index is 12.2. The third kappa shape index (κ3) is 2.39. The molecule has 1 aliphatic carbocycles. The molecule has 0 aromatic carbocycles. The second-order valence-corrected chi connectivity index (χ2v) is 7.17. The van der Waals surface area contributed by atoms with Gasteiger partial charge in [0.2, 0.25) is 12.1 Å². The topological polar surface area (TPSA) is 54.0 Å². The van der Waals surface area contributed by atoms with Crippen molar-refractivity contribution < 1.29 is 24.0 Å². The van der Waals surface area contributed by atoms with Crippen LogP contribution in [-0.2, 0) is 24.0 Å². The summed E-state index contributed by atoms with van der Waals surface area (Å²) in [7, 11) is 0. The SMILES string of the molecule is CCC[C@@]1(C)OO[C@]23C[C@H](C)CC[C@H]2[C@@H](C)C(=O)O[C@@H]3O1. The van der Waals surface area contributed by atoms with E-state index in [-0.39, 0.29) is 17.8 Å². The number of ether oxygens (including phenoxy) is 2. The molecule has 1 saturated carbocycles. The van der Waals surface area contributed by atoms with Gasteiger partial charge in [-0.15, -0.1) is 0 Å². The van der Waals surface area contributed by atoms with Crippen LogP contribution in [0.4, 0.5) is 0 Å². The normalized spacial score (nSPS) is 50.0. The lowest BCUT2D eigenvalue weighted by Gasteiger charge is -2.56. The van der Waals surface area contributed by atoms with Crippen molar-refractivity contribution in [2.45, 2.75) is 77.5 Å². The van der Waals surface area contributed by atoms with Gasteiger partial charge in [-0.2, -0.15) is 0 Å². The van der Waals surface area contributed by atoms with Crippen molar-refractivity contribution in [3.8, 4) is 0 Å². The molecule has 5 heteroatoms. The van der Waals surface area contributed by atoms with E-state index in [2.05, 4.69) is 13.8 Å². The van der Waals surface area contributed by atoms with Crippen LogP contribution in [0.3, 0.4) is 0 Å². The molecule has 2 saturated heterocycles. The number of carbonyl (C=O) groups excluding carboxylic acids is 1. The molecule has 0 unspecified atom stereocenters. The van der Waals surface area contributed by atoms with E-state index < -0.39 is 17.7 Å². The van der Waals surface area contributed by atoms with Crippen molar-refractivity contribution in [2.75, 3.05) is 0 Å². The minimum absolute atomic E-state index is 0.103. The molecular weight excluding hydrogens is 272 g/mol. The Morgan fingerprint density at radius 1 is 1.24 bits per heavy atom. The van der Waals surface area contributed by atoms with E-state index in [0.29, 0.717) is 12.3 Å². The van der Waals surface area contributed by atoms with E-state index in [4.69, 9.17) is 19.2 Å². The van der Waals surface area contributed by atoms with Crippen LogP contribution in [0.5, 0.6) is 0 Å². The van der Waals surface area contributed by atoms with Crippen LogP contribution in [0.1, 0.15) is 59.8 Å². The monoisotopic (exact) mass is 298 g/mol. The Hall–Kier alpha value is -0.650. The van der Waals surface area contributed by atoms with E-state index in [1.807, 2.05) is 13.8 Å². The molecule has 120 valence electrons. The van der Waals surface area contributed by atoms with E-state index in [1.165, 1.54) is 0 Å². The number of esters is 1. The largest absolute Gasteiger partial charge is 0.432 e. The Balaban J connectivity index is 1.90. The lowest BCUT2D eigenvalue weighted by atomic mass is 9.65. The van der Waals surface area contributed by atoms with Crippen molar-refractivity contribution in [1.82, 2.24) is 0 Å². The first-order valence-corrected chi connectivity index (χ1v) is 8.15.